The topological polar surface area (TPSA) is 52.0 Å². The second-order valence-corrected chi connectivity index (χ2v) is 4.81. The van der Waals surface area contributed by atoms with Crippen LogP contribution in [0.1, 0.15) is 29.6 Å². The predicted octanol–water partition coefficient (Wildman–Crippen LogP) is 1.73. The molecule has 5 heteroatoms. The number of ether oxygens (including phenoxy) is 1. The lowest BCUT2D eigenvalue weighted by molar-refractivity contribution is 0.307. The Balaban J connectivity index is 2.01. The maximum Gasteiger partial charge on any atom is 0.137 e. The number of rotatable bonds is 3. The summed E-state index contributed by atoms with van der Waals surface area (Å²) in [4.78, 5) is 4.06. The van der Waals surface area contributed by atoms with Gasteiger partial charge < -0.3 is 10.1 Å². The van der Waals surface area contributed by atoms with Crippen molar-refractivity contribution in [2.75, 3.05) is 14.2 Å². The number of hydrogen-bond acceptors (Lipinski definition) is 4. The normalized spacial score (nSPS) is 22.0. The van der Waals surface area contributed by atoms with Gasteiger partial charge in [0.2, 0.25) is 0 Å². The molecule has 0 spiro atoms. The van der Waals surface area contributed by atoms with E-state index in [1.807, 2.05) is 17.8 Å². The molecular formula is C14H18N4O. The highest BCUT2D eigenvalue weighted by Crippen LogP contribution is 2.38. The summed E-state index contributed by atoms with van der Waals surface area (Å²) in [5, 5.41) is 7.69. The van der Waals surface area contributed by atoms with Crippen LogP contribution in [0.2, 0.25) is 0 Å². The van der Waals surface area contributed by atoms with Crippen LogP contribution < -0.4 is 10.1 Å². The van der Waals surface area contributed by atoms with Crippen molar-refractivity contribution in [3.8, 4) is 5.75 Å². The van der Waals surface area contributed by atoms with Gasteiger partial charge >= 0.3 is 0 Å². The zero-order valence-corrected chi connectivity index (χ0v) is 11.2. The Morgan fingerprint density at radius 3 is 3.00 bits per heavy atom. The Hall–Kier alpha value is -1.88. The SMILES string of the molecule is CNC1c2cc(OC)ccc2CCC1n1cncn1. The van der Waals surface area contributed by atoms with Crippen LogP contribution in [0.4, 0.5) is 0 Å². The third kappa shape index (κ3) is 2.10. The smallest absolute Gasteiger partial charge is 0.137 e. The molecule has 3 rings (SSSR count). The molecule has 0 aliphatic heterocycles. The molecule has 0 fully saturated rings. The number of nitrogens with zero attached hydrogens (tertiary/aromatic N) is 3. The average molecular weight is 258 g/mol. The number of aromatic nitrogens is 3. The Bertz CT molecular complexity index is 553. The summed E-state index contributed by atoms with van der Waals surface area (Å²) < 4.78 is 7.28. The number of benzene rings is 1. The third-order valence-electron chi connectivity index (χ3n) is 3.87. The molecule has 0 saturated heterocycles. The van der Waals surface area contributed by atoms with Gasteiger partial charge in [0.05, 0.1) is 19.2 Å². The second-order valence-electron chi connectivity index (χ2n) is 4.81. The minimum absolute atomic E-state index is 0.237. The van der Waals surface area contributed by atoms with Crippen molar-refractivity contribution < 1.29 is 4.74 Å². The fourth-order valence-electron chi connectivity index (χ4n) is 2.92. The fourth-order valence-corrected chi connectivity index (χ4v) is 2.92. The van der Waals surface area contributed by atoms with Gasteiger partial charge in [-0.05, 0) is 43.1 Å². The Labute approximate surface area is 112 Å². The van der Waals surface area contributed by atoms with Gasteiger partial charge in [0, 0.05) is 0 Å². The summed E-state index contributed by atoms with van der Waals surface area (Å²) in [6.45, 7) is 0. The van der Waals surface area contributed by atoms with E-state index in [1.54, 1.807) is 19.8 Å². The molecule has 0 saturated carbocycles. The van der Waals surface area contributed by atoms with Gasteiger partial charge in [-0.2, -0.15) is 5.10 Å². The quantitative estimate of drug-likeness (QED) is 0.911. The molecule has 1 aliphatic carbocycles. The summed E-state index contributed by atoms with van der Waals surface area (Å²) in [5.74, 6) is 0.901. The number of aryl methyl sites for hydroxylation is 1. The first kappa shape index (κ1) is 12.2. The van der Waals surface area contributed by atoms with E-state index in [1.165, 1.54) is 11.1 Å². The van der Waals surface area contributed by atoms with E-state index in [0.29, 0.717) is 6.04 Å². The number of fused-ring (bicyclic) bond motifs is 1. The van der Waals surface area contributed by atoms with Crippen LogP contribution in [0.5, 0.6) is 5.75 Å². The predicted molar refractivity (Wildman–Crippen MR) is 72.2 cm³/mol. The molecular weight excluding hydrogens is 240 g/mol. The van der Waals surface area contributed by atoms with E-state index in [4.69, 9.17) is 4.74 Å². The summed E-state index contributed by atoms with van der Waals surface area (Å²) in [6.07, 6.45) is 5.50. The van der Waals surface area contributed by atoms with Crippen molar-refractivity contribution in [2.45, 2.75) is 24.9 Å². The molecule has 2 atom stereocenters. The van der Waals surface area contributed by atoms with Crippen LogP contribution in [0.25, 0.3) is 0 Å². The van der Waals surface area contributed by atoms with Gasteiger partial charge in [-0.15, -0.1) is 0 Å². The fraction of sp³-hybridized carbons (Fsp3) is 0.429. The summed E-state index contributed by atoms with van der Waals surface area (Å²) >= 11 is 0. The minimum Gasteiger partial charge on any atom is -0.497 e. The lowest BCUT2D eigenvalue weighted by atomic mass is 9.84. The van der Waals surface area contributed by atoms with Crippen molar-refractivity contribution >= 4 is 0 Å². The standard InChI is InChI=1S/C14H18N4O/c1-15-14-12-7-11(19-2)5-3-10(12)4-6-13(14)18-9-16-8-17-18/h3,5,7-9,13-15H,4,6H2,1-2H3. The molecule has 19 heavy (non-hydrogen) atoms. The van der Waals surface area contributed by atoms with Crippen molar-refractivity contribution in [3.63, 3.8) is 0 Å². The molecule has 2 aromatic rings. The van der Waals surface area contributed by atoms with Gasteiger partial charge in [0.25, 0.3) is 0 Å². The molecule has 0 bridgehead atoms. The second kappa shape index (κ2) is 5.01. The van der Waals surface area contributed by atoms with E-state index in [-0.39, 0.29) is 6.04 Å². The van der Waals surface area contributed by atoms with Gasteiger partial charge in [-0.25, -0.2) is 9.67 Å². The number of likely N-dealkylation sites (N-methyl/N-ethyl adjacent to an activating group) is 1. The largest absolute Gasteiger partial charge is 0.497 e. The van der Waals surface area contributed by atoms with Gasteiger partial charge in [0.1, 0.15) is 18.4 Å². The van der Waals surface area contributed by atoms with Gasteiger partial charge in [-0.1, -0.05) is 6.07 Å². The van der Waals surface area contributed by atoms with Gasteiger partial charge in [-0.3, -0.25) is 0 Å². The first-order valence-electron chi connectivity index (χ1n) is 6.51. The minimum atomic E-state index is 0.237. The van der Waals surface area contributed by atoms with Crippen LogP contribution in [0.15, 0.2) is 30.9 Å². The van der Waals surface area contributed by atoms with Crippen molar-refractivity contribution in [3.05, 3.63) is 42.0 Å². The molecule has 1 N–H and O–H groups in total. The highest BCUT2D eigenvalue weighted by Gasteiger charge is 2.30. The molecule has 2 unspecified atom stereocenters. The van der Waals surface area contributed by atoms with E-state index in [0.717, 1.165) is 18.6 Å². The van der Waals surface area contributed by atoms with Crippen molar-refractivity contribution in [1.82, 2.24) is 20.1 Å². The lowest BCUT2D eigenvalue weighted by Crippen LogP contribution is -2.32. The molecule has 100 valence electrons. The molecule has 0 amide bonds. The van der Waals surface area contributed by atoms with E-state index >= 15 is 0 Å². The molecule has 1 aromatic carbocycles. The first-order valence-corrected chi connectivity index (χ1v) is 6.51. The average Bonchev–Trinajstić information content (AvgIpc) is 2.99. The molecule has 1 aliphatic rings. The number of methoxy groups -OCH3 is 1. The maximum atomic E-state index is 5.34. The zero-order chi connectivity index (χ0) is 13.2. The highest BCUT2D eigenvalue weighted by molar-refractivity contribution is 5.40. The lowest BCUT2D eigenvalue weighted by Gasteiger charge is -2.33. The molecule has 0 radical (unpaired) electrons. The Morgan fingerprint density at radius 2 is 2.32 bits per heavy atom. The number of nitrogens with one attached hydrogen (secondary N) is 1. The van der Waals surface area contributed by atoms with Crippen LogP contribution in [0, 0.1) is 0 Å². The first-order chi connectivity index (χ1) is 9.33. The van der Waals surface area contributed by atoms with Crippen LogP contribution in [-0.4, -0.2) is 28.9 Å². The van der Waals surface area contributed by atoms with E-state index in [9.17, 15) is 0 Å². The van der Waals surface area contributed by atoms with Gasteiger partial charge in [0.15, 0.2) is 0 Å². The summed E-state index contributed by atoms with van der Waals surface area (Å²) in [5.41, 5.74) is 2.69. The van der Waals surface area contributed by atoms with Crippen molar-refractivity contribution in [1.29, 1.82) is 0 Å². The highest BCUT2D eigenvalue weighted by atomic mass is 16.5. The zero-order valence-electron chi connectivity index (χ0n) is 11.2. The molecule has 1 heterocycles. The van der Waals surface area contributed by atoms with Crippen LogP contribution in [-0.2, 0) is 6.42 Å². The third-order valence-corrected chi connectivity index (χ3v) is 3.87. The van der Waals surface area contributed by atoms with Crippen LogP contribution >= 0.6 is 0 Å². The summed E-state index contributed by atoms with van der Waals surface area (Å²) in [6, 6.07) is 6.85. The Morgan fingerprint density at radius 1 is 1.42 bits per heavy atom. The maximum absolute atomic E-state index is 5.34. The monoisotopic (exact) mass is 258 g/mol. The van der Waals surface area contributed by atoms with E-state index < -0.39 is 0 Å². The van der Waals surface area contributed by atoms with Crippen LogP contribution in [0.3, 0.4) is 0 Å². The molecule has 1 aromatic heterocycles. The Kier molecular flexibility index (Phi) is 3.21. The number of hydrogen-bond donors (Lipinski definition) is 1. The van der Waals surface area contributed by atoms with E-state index in [2.05, 4.69) is 27.5 Å². The summed E-state index contributed by atoms with van der Waals surface area (Å²) in [7, 11) is 3.69. The van der Waals surface area contributed by atoms with Crippen molar-refractivity contribution in [2.24, 2.45) is 0 Å². The molecule has 5 nitrogen and oxygen atoms in total.